The van der Waals surface area contributed by atoms with Crippen molar-refractivity contribution in [1.82, 2.24) is 4.98 Å². The predicted molar refractivity (Wildman–Crippen MR) is 82.7 cm³/mol. The van der Waals surface area contributed by atoms with Crippen LogP contribution < -0.4 is 10.6 Å². The summed E-state index contributed by atoms with van der Waals surface area (Å²) in [7, 11) is 0. The van der Waals surface area contributed by atoms with Gasteiger partial charge in [-0.25, -0.2) is 4.98 Å². The van der Waals surface area contributed by atoms with Gasteiger partial charge < -0.3 is 10.6 Å². The molecule has 0 amide bonds. The number of nitrogen functional groups attached to an aromatic ring is 1. The highest BCUT2D eigenvalue weighted by atomic mass is 35.5. The van der Waals surface area contributed by atoms with Crippen LogP contribution in [0.4, 0.5) is 11.5 Å². The van der Waals surface area contributed by atoms with E-state index in [1.807, 2.05) is 6.07 Å². The van der Waals surface area contributed by atoms with Gasteiger partial charge in [-0.2, -0.15) is 0 Å². The number of pyridine rings is 1. The van der Waals surface area contributed by atoms with Gasteiger partial charge in [0.05, 0.1) is 0 Å². The van der Waals surface area contributed by atoms with Gasteiger partial charge in [-0.1, -0.05) is 38.3 Å². The summed E-state index contributed by atoms with van der Waals surface area (Å²) in [5.74, 6) is 1.64. The minimum absolute atomic E-state index is 0.488. The molecule has 1 fully saturated rings. The first-order chi connectivity index (χ1) is 9.06. The van der Waals surface area contributed by atoms with Crippen molar-refractivity contribution in [1.29, 1.82) is 0 Å². The van der Waals surface area contributed by atoms with Gasteiger partial charge in [0.25, 0.3) is 0 Å². The van der Waals surface area contributed by atoms with E-state index in [-0.39, 0.29) is 0 Å². The Morgan fingerprint density at radius 2 is 2.05 bits per heavy atom. The molecule has 0 unspecified atom stereocenters. The van der Waals surface area contributed by atoms with E-state index in [1.165, 1.54) is 32.1 Å². The lowest BCUT2D eigenvalue weighted by atomic mass is 10.1. The van der Waals surface area contributed by atoms with E-state index < -0.39 is 0 Å². The quantitative estimate of drug-likeness (QED) is 0.826. The monoisotopic (exact) mass is 281 g/mol. The number of aromatic nitrogens is 1. The standard InChI is InChI=1S/C15H24ClN3/c1-11(2)7-8-19(13-5-3-4-6-13)15-10-12(17)9-14(16)18-15/h9-11,13H,3-8H2,1-2H3,(H2,17,18). The summed E-state index contributed by atoms with van der Waals surface area (Å²) in [6.07, 6.45) is 6.32. The third kappa shape index (κ3) is 4.00. The SMILES string of the molecule is CC(C)CCN(c1cc(N)cc(Cl)n1)C1CCCC1. The number of nitrogens with two attached hydrogens (primary N) is 1. The van der Waals surface area contributed by atoms with Crippen LogP contribution in [-0.2, 0) is 0 Å². The molecule has 1 aliphatic carbocycles. The van der Waals surface area contributed by atoms with Gasteiger partial charge >= 0.3 is 0 Å². The second-order valence-electron chi connectivity index (χ2n) is 5.90. The first kappa shape index (κ1) is 14.4. The summed E-state index contributed by atoms with van der Waals surface area (Å²) in [5, 5.41) is 0.488. The summed E-state index contributed by atoms with van der Waals surface area (Å²) in [6.45, 7) is 5.55. The van der Waals surface area contributed by atoms with Crippen molar-refractivity contribution in [2.75, 3.05) is 17.2 Å². The van der Waals surface area contributed by atoms with Crippen LogP contribution in [0.15, 0.2) is 12.1 Å². The zero-order chi connectivity index (χ0) is 13.8. The first-order valence-electron chi connectivity index (χ1n) is 7.26. The van der Waals surface area contributed by atoms with Crippen molar-refractivity contribution in [2.24, 2.45) is 5.92 Å². The minimum Gasteiger partial charge on any atom is -0.399 e. The lowest BCUT2D eigenvalue weighted by Crippen LogP contribution is -2.35. The van der Waals surface area contributed by atoms with E-state index in [2.05, 4.69) is 23.7 Å². The molecule has 0 spiro atoms. The van der Waals surface area contributed by atoms with E-state index in [0.29, 0.717) is 22.8 Å². The summed E-state index contributed by atoms with van der Waals surface area (Å²) in [4.78, 5) is 6.88. The largest absolute Gasteiger partial charge is 0.399 e. The van der Waals surface area contributed by atoms with Gasteiger partial charge in [0.1, 0.15) is 11.0 Å². The lowest BCUT2D eigenvalue weighted by molar-refractivity contribution is 0.525. The highest BCUT2D eigenvalue weighted by molar-refractivity contribution is 6.29. The molecule has 106 valence electrons. The smallest absolute Gasteiger partial charge is 0.133 e. The average Bonchev–Trinajstić information content (AvgIpc) is 2.81. The molecular weight excluding hydrogens is 258 g/mol. The molecule has 0 atom stereocenters. The van der Waals surface area contributed by atoms with Crippen LogP contribution in [0.5, 0.6) is 0 Å². The fraction of sp³-hybridized carbons (Fsp3) is 0.667. The highest BCUT2D eigenvalue weighted by Gasteiger charge is 2.24. The molecule has 0 aromatic carbocycles. The zero-order valence-corrected chi connectivity index (χ0v) is 12.7. The van der Waals surface area contributed by atoms with Crippen molar-refractivity contribution in [3.05, 3.63) is 17.3 Å². The van der Waals surface area contributed by atoms with Crippen molar-refractivity contribution < 1.29 is 0 Å². The molecular formula is C15H24ClN3. The van der Waals surface area contributed by atoms with Crippen LogP contribution in [0, 0.1) is 5.92 Å². The Morgan fingerprint density at radius 1 is 1.37 bits per heavy atom. The molecule has 2 rings (SSSR count). The topological polar surface area (TPSA) is 42.1 Å². The molecule has 1 heterocycles. The van der Waals surface area contributed by atoms with Crippen LogP contribution in [0.3, 0.4) is 0 Å². The average molecular weight is 282 g/mol. The molecule has 19 heavy (non-hydrogen) atoms. The van der Waals surface area contributed by atoms with Crippen molar-refractivity contribution in [3.63, 3.8) is 0 Å². The van der Waals surface area contributed by atoms with Crippen LogP contribution in [0.1, 0.15) is 46.0 Å². The van der Waals surface area contributed by atoms with Crippen LogP contribution in [0.25, 0.3) is 0 Å². The molecule has 2 N–H and O–H groups in total. The molecule has 1 saturated carbocycles. The maximum atomic E-state index is 6.05. The summed E-state index contributed by atoms with van der Waals surface area (Å²) >= 11 is 6.05. The van der Waals surface area contributed by atoms with Crippen LogP contribution >= 0.6 is 11.6 Å². The second-order valence-corrected chi connectivity index (χ2v) is 6.28. The Kier molecular flexibility index (Phi) is 4.92. The number of hydrogen-bond donors (Lipinski definition) is 1. The Labute approximate surface area is 121 Å². The maximum Gasteiger partial charge on any atom is 0.133 e. The summed E-state index contributed by atoms with van der Waals surface area (Å²) in [6, 6.07) is 4.26. The minimum atomic E-state index is 0.488. The van der Waals surface area contributed by atoms with Crippen molar-refractivity contribution >= 4 is 23.1 Å². The van der Waals surface area contributed by atoms with Gasteiger partial charge in [0.2, 0.25) is 0 Å². The third-order valence-corrected chi connectivity index (χ3v) is 4.00. The molecule has 0 bridgehead atoms. The van der Waals surface area contributed by atoms with Gasteiger partial charge in [-0.15, -0.1) is 0 Å². The molecule has 4 heteroatoms. The fourth-order valence-electron chi connectivity index (χ4n) is 2.75. The first-order valence-corrected chi connectivity index (χ1v) is 7.64. The molecule has 3 nitrogen and oxygen atoms in total. The van der Waals surface area contributed by atoms with Crippen molar-refractivity contribution in [3.8, 4) is 0 Å². The zero-order valence-electron chi connectivity index (χ0n) is 11.9. The Balaban J connectivity index is 2.19. The Hall–Kier alpha value is -0.960. The predicted octanol–water partition coefficient (Wildman–Crippen LogP) is 4.11. The third-order valence-electron chi connectivity index (χ3n) is 3.81. The van der Waals surface area contributed by atoms with Crippen LogP contribution in [-0.4, -0.2) is 17.6 Å². The number of halogens is 1. The Morgan fingerprint density at radius 3 is 2.63 bits per heavy atom. The number of nitrogens with zero attached hydrogens (tertiary/aromatic N) is 2. The van der Waals surface area contributed by atoms with Gasteiger partial charge in [0, 0.05) is 24.3 Å². The van der Waals surface area contributed by atoms with E-state index in [1.54, 1.807) is 6.07 Å². The van der Waals surface area contributed by atoms with Gasteiger partial charge in [0.15, 0.2) is 0 Å². The molecule has 1 aromatic heterocycles. The van der Waals surface area contributed by atoms with E-state index in [9.17, 15) is 0 Å². The molecule has 0 saturated heterocycles. The summed E-state index contributed by atoms with van der Waals surface area (Å²) < 4.78 is 0. The van der Waals surface area contributed by atoms with Crippen LogP contribution in [0.2, 0.25) is 5.15 Å². The van der Waals surface area contributed by atoms with Gasteiger partial charge in [-0.05, 0) is 31.2 Å². The number of rotatable bonds is 5. The molecule has 0 aliphatic heterocycles. The highest BCUT2D eigenvalue weighted by Crippen LogP contribution is 2.29. The van der Waals surface area contributed by atoms with E-state index in [0.717, 1.165) is 12.4 Å². The van der Waals surface area contributed by atoms with E-state index >= 15 is 0 Å². The normalized spacial score (nSPS) is 16.2. The number of hydrogen-bond acceptors (Lipinski definition) is 3. The summed E-state index contributed by atoms with van der Waals surface area (Å²) in [5.41, 5.74) is 6.60. The Bertz CT molecular complexity index is 394. The second kappa shape index (κ2) is 6.47. The molecule has 0 radical (unpaired) electrons. The fourth-order valence-corrected chi connectivity index (χ4v) is 2.96. The van der Waals surface area contributed by atoms with E-state index in [4.69, 9.17) is 17.3 Å². The van der Waals surface area contributed by atoms with Gasteiger partial charge in [-0.3, -0.25) is 0 Å². The molecule has 1 aromatic rings. The van der Waals surface area contributed by atoms with Crippen molar-refractivity contribution in [2.45, 2.75) is 52.0 Å². The maximum absolute atomic E-state index is 6.05. The number of anilines is 2. The lowest BCUT2D eigenvalue weighted by Gasteiger charge is -2.31. The molecule has 1 aliphatic rings.